The predicted octanol–water partition coefficient (Wildman–Crippen LogP) is 2.63. The molecule has 2 nitrogen and oxygen atoms in total. The number of nitrogens with two attached hydrogens (primary N) is 1. The normalized spacial score (nSPS) is 22.8. The first-order chi connectivity index (χ1) is 7.18. The zero-order valence-electron chi connectivity index (χ0n) is 10.5. The second kappa shape index (κ2) is 7.24. The smallest absolute Gasteiger partial charge is 0.0180 e. The lowest BCUT2D eigenvalue weighted by atomic mass is 10.0. The van der Waals surface area contributed by atoms with Crippen molar-refractivity contribution in [2.75, 3.05) is 19.6 Å². The molecular formula is C13H28N2. The van der Waals surface area contributed by atoms with E-state index in [1.54, 1.807) is 0 Å². The van der Waals surface area contributed by atoms with Gasteiger partial charge in [-0.2, -0.15) is 0 Å². The van der Waals surface area contributed by atoms with E-state index in [0.29, 0.717) is 6.04 Å². The molecule has 0 amide bonds. The summed E-state index contributed by atoms with van der Waals surface area (Å²) in [6, 6.07) is 0.450. The molecule has 1 aliphatic rings. The SMILES string of the molecule is CC(C)CCCCCCN1CCC(N)C1. The summed E-state index contributed by atoms with van der Waals surface area (Å²) in [6.45, 7) is 8.26. The van der Waals surface area contributed by atoms with Gasteiger partial charge in [0.1, 0.15) is 0 Å². The van der Waals surface area contributed by atoms with E-state index in [4.69, 9.17) is 5.73 Å². The minimum atomic E-state index is 0.450. The molecule has 1 rings (SSSR count). The van der Waals surface area contributed by atoms with Crippen LogP contribution in [-0.4, -0.2) is 30.6 Å². The highest BCUT2D eigenvalue weighted by molar-refractivity contribution is 4.77. The van der Waals surface area contributed by atoms with Gasteiger partial charge in [0.2, 0.25) is 0 Å². The van der Waals surface area contributed by atoms with Crippen molar-refractivity contribution in [3.8, 4) is 0 Å². The van der Waals surface area contributed by atoms with Crippen molar-refractivity contribution in [3.63, 3.8) is 0 Å². The lowest BCUT2D eigenvalue weighted by Crippen LogP contribution is -2.27. The third-order valence-electron chi connectivity index (χ3n) is 3.31. The number of likely N-dealkylation sites (tertiary alicyclic amines) is 1. The second-order valence-corrected chi connectivity index (χ2v) is 5.45. The van der Waals surface area contributed by atoms with E-state index in [9.17, 15) is 0 Å². The molecule has 1 aliphatic heterocycles. The van der Waals surface area contributed by atoms with Gasteiger partial charge >= 0.3 is 0 Å². The van der Waals surface area contributed by atoms with E-state index in [-0.39, 0.29) is 0 Å². The van der Waals surface area contributed by atoms with E-state index in [2.05, 4.69) is 18.7 Å². The molecule has 0 aromatic heterocycles. The van der Waals surface area contributed by atoms with Crippen LogP contribution in [0.15, 0.2) is 0 Å². The van der Waals surface area contributed by atoms with Gasteiger partial charge < -0.3 is 10.6 Å². The van der Waals surface area contributed by atoms with Crippen molar-refractivity contribution in [2.24, 2.45) is 11.7 Å². The molecule has 1 fully saturated rings. The van der Waals surface area contributed by atoms with E-state index in [1.807, 2.05) is 0 Å². The number of hydrogen-bond donors (Lipinski definition) is 1. The topological polar surface area (TPSA) is 29.3 Å². The van der Waals surface area contributed by atoms with Gasteiger partial charge in [-0.1, -0.05) is 39.5 Å². The van der Waals surface area contributed by atoms with Crippen molar-refractivity contribution >= 4 is 0 Å². The zero-order valence-corrected chi connectivity index (χ0v) is 10.5. The predicted molar refractivity (Wildman–Crippen MR) is 67.0 cm³/mol. The summed E-state index contributed by atoms with van der Waals surface area (Å²) < 4.78 is 0. The Morgan fingerprint density at radius 2 is 1.93 bits per heavy atom. The third kappa shape index (κ3) is 6.16. The number of rotatable bonds is 7. The molecule has 1 saturated heterocycles. The Labute approximate surface area is 95.2 Å². The fourth-order valence-corrected chi connectivity index (χ4v) is 2.31. The van der Waals surface area contributed by atoms with Crippen LogP contribution in [0.5, 0.6) is 0 Å². The maximum absolute atomic E-state index is 5.87. The number of hydrogen-bond acceptors (Lipinski definition) is 2. The Morgan fingerprint density at radius 3 is 2.53 bits per heavy atom. The van der Waals surface area contributed by atoms with E-state index < -0.39 is 0 Å². The van der Waals surface area contributed by atoms with Gasteiger partial charge in [0.15, 0.2) is 0 Å². The Balaban J connectivity index is 1.85. The summed E-state index contributed by atoms with van der Waals surface area (Å²) in [4.78, 5) is 2.52. The highest BCUT2D eigenvalue weighted by Gasteiger charge is 2.17. The van der Waals surface area contributed by atoms with Crippen LogP contribution >= 0.6 is 0 Å². The fraction of sp³-hybridized carbons (Fsp3) is 1.00. The number of nitrogens with zero attached hydrogens (tertiary/aromatic N) is 1. The average molecular weight is 212 g/mol. The molecule has 0 aromatic carbocycles. The largest absolute Gasteiger partial charge is 0.326 e. The average Bonchev–Trinajstić information content (AvgIpc) is 2.57. The summed E-state index contributed by atoms with van der Waals surface area (Å²) in [6.07, 6.45) is 8.19. The van der Waals surface area contributed by atoms with Crippen molar-refractivity contribution in [2.45, 2.75) is 58.4 Å². The van der Waals surface area contributed by atoms with Gasteiger partial charge in [-0.3, -0.25) is 0 Å². The maximum atomic E-state index is 5.87. The van der Waals surface area contributed by atoms with E-state index in [1.165, 1.54) is 51.6 Å². The summed E-state index contributed by atoms with van der Waals surface area (Å²) >= 11 is 0. The molecule has 2 heteroatoms. The minimum absolute atomic E-state index is 0.450. The molecule has 0 aliphatic carbocycles. The highest BCUT2D eigenvalue weighted by atomic mass is 15.2. The lowest BCUT2D eigenvalue weighted by Gasteiger charge is -2.14. The van der Waals surface area contributed by atoms with Crippen LogP contribution in [0.25, 0.3) is 0 Å². The summed E-state index contributed by atoms with van der Waals surface area (Å²) in [7, 11) is 0. The Kier molecular flexibility index (Phi) is 6.26. The molecule has 0 radical (unpaired) electrons. The Hall–Kier alpha value is -0.0800. The van der Waals surface area contributed by atoms with Crippen LogP contribution < -0.4 is 5.73 Å². The van der Waals surface area contributed by atoms with Crippen molar-refractivity contribution < 1.29 is 0 Å². The van der Waals surface area contributed by atoms with Gasteiger partial charge in [0.25, 0.3) is 0 Å². The molecule has 15 heavy (non-hydrogen) atoms. The van der Waals surface area contributed by atoms with Gasteiger partial charge in [-0.15, -0.1) is 0 Å². The van der Waals surface area contributed by atoms with Crippen LogP contribution in [0.1, 0.15) is 52.4 Å². The number of unbranched alkanes of at least 4 members (excludes halogenated alkanes) is 3. The summed E-state index contributed by atoms with van der Waals surface area (Å²) in [5.41, 5.74) is 5.87. The van der Waals surface area contributed by atoms with Gasteiger partial charge in [0.05, 0.1) is 0 Å². The third-order valence-corrected chi connectivity index (χ3v) is 3.31. The maximum Gasteiger partial charge on any atom is 0.0180 e. The molecule has 0 saturated carbocycles. The van der Waals surface area contributed by atoms with Crippen LogP contribution in [0, 0.1) is 5.92 Å². The minimum Gasteiger partial charge on any atom is -0.326 e. The van der Waals surface area contributed by atoms with Crippen molar-refractivity contribution in [1.82, 2.24) is 4.90 Å². The molecule has 1 atom stereocenters. The first-order valence-electron chi connectivity index (χ1n) is 6.66. The molecule has 0 spiro atoms. The van der Waals surface area contributed by atoms with Crippen LogP contribution in [0.3, 0.4) is 0 Å². The van der Waals surface area contributed by atoms with Crippen LogP contribution in [-0.2, 0) is 0 Å². The monoisotopic (exact) mass is 212 g/mol. The Bertz CT molecular complexity index is 157. The van der Waals surface area contributed by atoms with Crippen LogP contribution in [0.4, 0.5) is 0 Å². The molecule has 90 valence electrons. The van der Waals surface area contributed by atoms with Crippen molar-refractivity contribution in [1.29, 1.82) is 0 Å². The molecule has 0 bridgehead atoms. The quantitative estimate of drug-likeness (QED) is 0.657. The first-order valence-corrected chi connectivity index (χ1v) is 6.66. The standard InChI is InChI=1S/C13H28N2/c1-12(2)7-5-3-4-6-9-15-10-8-13(14)11-15/h12-13H,3-11,14H2,1-2H3. The highest BCUT2D eigenvalue weighted by Crippen LogP contribution is 2.12. The van der Waals surface area contributed by atoms with E-state index >= 15 is 0 Å². The first kappa shape index (κ1) is 13.0. The van der Waals surface area contributed by atoms with Crippen molar-refractivity contribution in [3.05, 3.63) is 0 Å². The molecule has 0 aromatic rings. The summed E-state index contributed by atoms with van der Waals surface area (Å²) in [5, 5.41) is 0. The fourth-order valence-electron chi connectivity index (χ4n) is 2.31. The van der Waals surface area contributed by atoms with Gasteiger partial charge in [0, 0.05) is 12.6 Å². The molecular weight excluding hydrogens is 184 g/mol. The Morgan fingerprint density at radius 1 is 1.20 bits per heavy atom. The van der Waals surface area contributed by atoms with Gasteiger partial charge in [-0.25, -0.2) is 0 Å². The van der Waals surface area contributed by atoms with E-state index in [0.717, 1.165) is 12.5 Å². The molecule has 1 unspecified atom stereocenters. The summed E-state index contributed by atoms with van der Waals surface area (Å²) in [5.74, 6) is 0.876. The van der Waals surface area contributed by atoms with Crippen LogP contribution in [0.2, 0.25) is 0 Å². The van der Waals surface area contributed by atoms with Gasteiger partial charge in [-0.05, 0) is 31.8 Å². The zero-order chi connectivity index (χ0) is 11.1. The molecule has 2 N–H and O–H groups in total. The lowest BCUT2D eigenvalue weighted by molar-refractivity contribution is 0.323. The second-order valence-electron chi connectivity index (χ2n) is 5.45. The molecule has 1 heterocycles.